The van der Waals surface area contributed by atoms with Crippen LogP contribution in [-0.4, -0.2) is 23.1 Å². The first kappa shape index (κ1) is 15.2. The van der Waals surface area contributed by atoms with E-state index in [-0.39, 0.29) is 5.82 Å². The third-order valence-corrected chi connectivity index (χ3v) is 3.10. The van der Waals surface area contributed by atoms with E-state index in [0.717, 1.165) is 36.3 Å². The van der Waals surface area contributed by atoms with E-state index >= 15 is 0 Å². The second-order valence-electron chi connectivity index (χ2n) is 4.84. The van der Waals surface area contributed by atoms with Crippen molar-refractivity contribution in [3.8, 4) is 5.88 Å². The molecule has 0 atom stereocenters. The molecule has 2 rings (SSSR count). The zero-order valence-electron chi connectivity index (χ0n) is 12.4. The summed E-state index contributed by atoms with van der Waals surface area (Å²) < 4.78 is 18.5. The average molecular weight is 289 g/mol. The van der Waals surface area contributed by atoms with Crippen LogP contribution >= 0.6 is 0 Å². The summed E-state index contributed by atoms with van der Waals surface area (Å²) in [7, 11) is 0. The smallest absolute Gasteiger partial charge is 0.218 e. The van der Waals surface area contributed by atoms with Gasteiger partial charge in [-0.25, -0.2) is 14.4 Å². The van der Waals surface area contributed by atoms with Gasteiger partial charge in [0.25, 0.3) is 0 Å². The molecule has 0 saturated carbocycles. The largest absolute Gasteiger partial charge is 0.478 e. The fraction of sp³-hybridized carbons (Fsp3) is 0.375. The highest BCUT2D eigenvalue weighted by atomic mass is 19.1. The highest BCUT2D eigenvalue weighted by Crippen LogP contribution is 2.13. The molecule has 0 spiro atoms. The number of anilines is 1. The van der Waals surface area contributed by atoms with Crippen LogP contribution in [0.2, 0.25) is 0 Å². The second-order valence-corrected chi connectivity index (χ2v) is 4.84. The molecule has 0 unspecified atom stereocenters. The van der Waals surface area contributed by atoms with Crippen molar-refractivity contribution in [1.29, 1.82) is 0 Å². The number of hydrogen-bond donors (Lipinski definition) is 1. The van der Waals surface area contributed by atoms with Crippen molar-refractivity contribution in [2.24, 2.45) is 0 Å². The van der Waals surface area contributed by atoms with Crippen molar-refractivity contribution in [2.75, 3.05) is 18.5 Å². The molecule has 112 valence electrons. The van der Waals surface area contributed by atoms with Gasteiger partial charge in [0.1, 0.15) is 18.0 Å². The molecule has 4 nitrogen and oxygen atoms in total. The van der Waals surface area contributed by atoms with Gasteiger partial charge in [-0.05, 0) is 43.0 Å². The zero-order chi connectivity index (χ0) is 15.1. The van der Waals surface area contributed by atoms with Crippen LogP contribution in [0.15, 0.2) is 30.6 Å². The lowest BCUT2D eigenvalue weighted by Gasteiger charge is -2.09. The fourth-order valence-corrected chi connectivity index (χ4v) is 1.99. The highest BCUT2D eigenvalue weighted by molar-refractivity contribution is 5.37. The number of rotatable bonds is 7. The molecule has 0 saturated heterocycles. The maximum Gasteiger partial charge on any atom is 0.218 e. The van der Waals surface area contributed by atoms with Gasteiger partial charge < -0.3 is 10.1 Å². The molecular formula is C16H20FN3O. The molecule has 21 heavy (non-hydrogen) atoms. The van der Waals surface area contributed by atoms with Crippen LogP contribution in [0.1, 0.15) is 24.5 Å². The Kier molecular flexibility index (Phi) is 5.49. The number of ether oxygens (including phenoxy) is 1. The van der Waals surface area contributed by atoms with Gasteiger partial charge in [0.2, 0.25) is 5.88 Å². The Morgan fingerprint density at radius 2 is 2.10 bits per heavy atom. The maximum absolute atomic E-state index is 13.0. The summed E-state index contributed by atoms with van der Waals surface area (Å²) in [5.41, 5.74) is 2.09. The minimum Gasteiger partial charge on any atom is -0.478 e. The molecule has 1 N–H and O–H groups in total. The Bertz CT molecular complexity index is 589. The minimum atomic E-state index is -0.197. The van der Waals surface area contributed by atoms with Crippen LogP contribution in [0.3, 0.4) is 0 Å². The normalized spacial score (nSPS) is 10.4. The number of hydrogen-bond acceptors (Lipinski definition) is 4. The predicted molar refractivity (Wildman–Crippen MR) is 81.1 cm³/mol. The average Bonchev–Trinajstić information content (AvgIpc) is 2.48. The van der Waals surface area contributed by atoms with Gasteiger partial charge in [-0.3, -0.25) is 0 Å². The molecule has 0 aliphatic carbocycles. The Morgan fingerprint density at radius 3 is 2.86 bits per heavy atom. The van der Waals surface area contributed by atoms with E-state index in [9.17, 15) is 4.39 Å². The Hall–Kier alpha value is -2.17. The summed E-state index contributed by atoms with van der Waals surface area (Å²) in [6, 6.07) is 6.65. The second kappa shape index (κ2) is 7.57. The van der Waals surface area contributed by atoms with Crippen molar-refractivity contribution in [3.63, 3.8) is 0 Å². The third kappa shape index (κ3) is 4.70. The lowest BCUT2D eigenvalue weighted by molar-refractivity contribution is 0.305. The Balaban J connectivity index is 1.88. The van der Waals surface area contributed by atoms with Gasteiger partial charge >= 0.3 is 0 Å². The highest BCUT2D eigenvalue weighted by Gasteiger charge is 2.02. The van der Waals surface area contributed by atoms with Gasteiger partial charge in [0.05, 0.1) is 6.61 Å². The number of benzene rings is 1. The third-order valence-electron chi connectivity index (χ3n) is 3.10. The van der Waals surface area contributed by atoms with Gasteiger partial charge in [0.15, 0.2) is 0 Å². The Labute approximate surface area is 124 Å². The summed E-state index contributed by atoms with van der Waals surface area (Å²) in [4.78, 5) is 8.20. The molecular weight excluding hydrogens is 269 g/mol. The standard InChI is InChI=1S/C16H20FN3O/c1-3-8-21-16-10-15(19-11-20-16)18-7-6-13-4-5-14(17)9-12(13)2/h4-5,9-11H,3,6-8H2,1-2H3,(H,18,19,20). The quantitative estimate of drug-likeness (QED) is 0.849. The van der Waals surface area contributed by atoms with Crippen LogP contribution in [0, 0.1) is 12.7 Å². The molecule has 1 aromatic carbocycles. The van der Waals surface area contributed by atoms with E-state index in [1.807, 2.05) is 19.9 Å². The topological polar surface area (TPSA) is 47.0 Å². The van der Waals surface area contributed by atoms with Crippen molar-refractivity contribution in [1.82, 2.24) is 9.97 Å². The molecule has 0 radical (unpaired) electrons. The van der Waals surface area contributed by atoms with Gasteiger partial charge in [0, 0.05) is 12.6 Å². The van der Waals surface area contributed by atoms with E-state index in [0.29, 0.717) is 12.5 Å². The summed E-state index contributed by atoms with van der Waals surface area (Å²) in [6.45, 7) is 5.33. The molecule has 5 heteroatoms. The van der Waals surface area contributed by atoms with Crippen molar-refractivity contribution >= 4 is 5.82 Å². The molecule has 0 fully saturated rings. The maximum atomic E-state index is 13.0. The van der Waals surface area contributed by atoms with Crippen LogP contribution in [0.25, 0.3) is 0 Å². The van der Waals surface area contributed by atoms with Crippen molar-refractivity contribution in [3.05, 3.63) is 47.5 Å². The fourth-order valence-electron chi connectivity index (χ4n) is 1.99. The van der Waals surface area contributed by atoms with Gasteiger partial charge in [-0.2, -0.15) is 0 Å². The number of nitrogens with zero attached hydrogens (tertiary/aromatic N) is 2. The first-order valence-electron chi connectivity index (χ1n) is 7.12. The first-order valence-corrected chi connectivity index (χ1v) is 7.12. The van der Waals surface area contributed by atoms with Crippen LogP contribution in [0.5, 0.6) is 5.88 Å². The van der Waals surface area contributed by atoms with E-state index in [2.05, 4.69) is 15.3 Å². The van der Waals surface area contributed by atoms with Crippen LogP contribution < -0.4 is 10.1 Å². The lowest BCUT2D eigenvalue weighted by Crippen LogP contribution is -2.08. The van der Waals surface area contributed by atoms with Gasteiger partial charge in [-0.15, -0.1) is 0 Å². The van der Waals surface area contributed by atoms with E-state index in [4.69, 9.17) is 4.74 Å². The molecule has 2 aromatic rings. The van der Waals surface area contributed by atoms with Gasteiger partial charge in [-0.1, -0.05) is 13.0 Å². The SMILES string of the molecule is CCCOc1cc(NCCc2ccc(F)cc2C)ncn1. The van der Waals surface area contributed by atoms with E-state index in [1.54, 1.807) is 12.1 Å². The zero-order valence-corrected chi connectivity index (χ0v) is 12.4. The molecule has 0 amide bonds. The lowest BCUT2D eigenvalue weighted by atomic mass is 10.1. The van der Waals surface area contributed by atoms with Crippen molar-refractivity contribution in [2.45, 2.75) is 26.7 Å². The molecule has 1 heterocycles. The molecule has 0 aliphatic rings. The molecule has 0 bridgehead atoms. The summed E-state index contributed by atoms with van der Waals surface area (Å²) in [5.74, 6) is 1.11. The van der Waals surface area contributed by atoms with Crippen molar-refractivity contribution < 1.29 is 9.13 Å². The molecule has 1 aromatic heterocycles. The summed E-state index contributed by atoms with van der Waals surface area (Å²) >= 11 is 0. The number of aromatic nitrogens is 2. The monoisotopic (exact) mass is 289 g/mol. The van der Waals surface area contributed by atoms with E-state index < -0.39 is 0 Å². The number of halogens is 1. The number of nitrogens with one attached hydrogen (secondary N) is 1. The van der Waals surface area contributed by atoms with Crippen LogP contribution in [0.4, 0.5) is 10.2 Å². The summed E-state index contributed by atoms with van der Waals surface area (Å²) in [6.07, 6.45) is 3.23. The first-order chi connectivity index (χ1) is 10.2. The Morgan fingerprint density at radius 1 is 1.24 bits per heavy atom. The summed E-state index contributed by atoms with van der Waals surface area (Å²) in [5, 5.41) is 3.23. The minimum absolute atomic E-state index is 0.197. The van der Waals surface area contributed by atoms with E-state index in [1.165, 1.54) is 12.4 Å². The van der Waals surface area contributed by atoms with Crippen LogP contribution in [-0.2, 0) is 6.42 Å². The predicted octanol–water partition coefficient (Wildman–Crippen LogP) is 3.37. The number of aryl methyl sites for hydroxylation is 1. The molecule has 0 aliphatic heterocycles.